The normalized spacial score (nSPS) is 10.4. The van der Waals surface area contributed by atoms with E-state index in [-0.39, 0.29) is 28.7 Å². The van der Waals surface area contributed by atoms with Gasteiger partial charge in [0.1, 0.15) is 11.5 Å². The van der Waals surface area contributed by atoms with E-state index in [2.05, 4.69) is 0 Å². The van der Waals surface area contributed by atoms with E-state index in [1.807, 2.05) is 0 Å². The summed E-state index contributed by atoms with van der Waals surface area (Å²) in [5, 5.41) is 21.8. The Balaban J connectivity index is 1.68. The van der Waals surface area contributed by atoms with Crippen LogP contribution in [0.25, 0.3) is 0 Å². The number of rotatable bonds is 8. The second-order valence-electron chi connectivity index (χ2n) is 7.06. The molecule has 0 unspecified atom stereocenters. The third kappa shape index (κ3) is 5.05. The van der Waals surface area contributed by atoms with Gasteiger partial charge in [0, 0.05) is 35.4 Å². The zero-order valence-corrected chi connectivity index (χ0v) is 17.5. The van der Waals surface area contributed by atoms with Crippen molar-refractivity contribution in [2.24, 2.45) is 0 Å². The van der Waals surface area contributed by atoms with Gasteiger partial charge in [-0.05, 0) is 42.5 Å². The average Bonchev–Trinajstić information content (AvgIpc) is 2.86. The molecule has 0 saturated heterocycles. The first-order valence-electron chi connectivity index (χ1n) is 9.99. The molecule has 9 heteroatoms. The summed E-state index contributed by atoms with van der Waals surface area (Å²) in [6.45, 7) is 0. The highest BCUT2D eigenvalue weighted by Crippen LogP contribution is 2.37. The van der Waals surface area contributed by atoms with Crippen molar-refractivity contribution in [3.05, 3.63) is 128 Å². The van der Waals surface area contributed by atoms with Crippen molar-refractivity contribution in [1.29, 1.82) is 0 Å². The molecule has 0 N–H and O–H groups in total. The largest absolute Gasteiger partial charge is 0.453 e. The molecule has 0 spiro atoms. The minimum atomic E-state index is -0.522. The second kappa shape index (κ2) is 9.61. The Kier molecular flexibility index (Phi) is 6.26. The lowest BCUT2D eigenvalue weighted by molar-refractivity contribution is -0.385. The lowest BCUT2D eigenvalue weighted by Crippen LogP contribution is -2.02. The van der Waals surface area contributed by atoms with Gasteiger partial charge in [0.2, 0.25) is 0 Å². The third-order valence-electron chi connectivity index (χ3n) is 4.79. The molecular weight excluding hydrogens is 440 g/mol. The minimum absolute atomic E-state index is 0.0847. The lowest BCUT2D eigenvalue weighted by atomic mass is 10.0. The Morgan fingerprint density at radius 1 is 0.588 bits per heavy atom. The standard InChI is InChI=1S/C25H16N2O7/c28-25(17-4-2-1-3-5-17)18-6-15-23(33-21-11-7-19(8-12-21)26(29)30)24(16-18)34-22-13-9-20(10-14-22)27(31)32/h1-16H. The molecule has 9 nitrogen and oxygen atoms in total. The van der Waals surface area contributed by atoms with Gasteiger partial charge >= 0.3 is 0 Å². The van der Waals surface area contributed by atoms with Crippen LogP contribution in [0, 0.1) is 20.2 Å². The number of non-ortho nitro benzene ring substituents is 2. The van der Waals surface area contributed by atoms with Gasteiger partial charge in [0.25, 0.3) is 11.4 Å². The van der Waals surface area contributed by atoms with Crippen LogP contribution in [0.15, 0.2) is 97.1 Å². The first-order chi connectivity index (χ1) is 16.4. The smallest absolute Gasteiger partial charge is 0.269 e. The number of hydrogen-bond acceptors (Lipinski definition) is 7. The van der Waals surface area contributed by atoms with Gasteiger partial charge in [-0.1, -0.05) is 30.3 Å². The van der Waals surface area contributed by atoms with Crippen molar-refractivity contribution in [3.63, 3.8) is 0 Å². The highest BCUT2D eigenvalue weighted by Gasteiger charge is 2.16. The monoisotopic (exact) mass is 456 g/mol. The van der Waals surface area contributed by atoms with Gasteiger partial charge in [-0.25, -0.2) is 0 Å². The minimum Gasteiger partial charge on any atom is -0.453 e. The van der Waals surface area contributed by atoms with Crippen LogP contribution in [0.1, 0.15) is 15.9 Å². The molecule has 0 aromatic heterocycles. The van der Waals surface area contributed by atoms with Crippen LogP contribution in [-0.4, -0.2) is 15.6 Å². The van der Waals surface area contributed by atoms with Gasteiger partial charge in [0.15, 0.2) is 17.3 Å². The maximum absolute atomic E-state index is 12.9. The van der Waals surface area contributed by atoms with Crippen molar-refractivity contribution in [1.82, 2.24) is 0 Å². The number of nitrogens with zero attached hydrogens (tertiary/aromatic N) is 2. The maximum atomic E-state index is 12.9. The highest BCUT2D eigenvalue weighted by atomic mass is 16.6. The summed E-state index contributed by atoms with van der Waals surface area (Å²) >= 11 is 0. The molecule has 4 aromatic rings. The number of ether oxygens (including phenoxy) is 2. The zero-order chi connectivity index (χ0) is 24.1. The summed E-state index contributed by atoms with van der Waals surface area (Å²) in [4.78, 5) is 33.7. The quantitative estimate of drug-likeness (QED) is 0.173. The number of nitro groups is 2. The van der Waals surface area contributed by atoms with Crippen LogP contribution in [0.5, 0.6) is 23.0 Å². The SMILES string of the molecule is O=C(c1ccccc1)c1ccc(Oc2ccc([N+](=O)[O-])cc2)c(Oc2ccc([N+](=O)[O-])cc2)c1. The molecule has 0 aliphatic carbocycles. The van der Waals surface area contributed by atoms with Crippen molar-refractivity contribution in [2.45, 2.75) is 0 Å². The van der Waals surface area contributed by atoms with Crippen molar-refractivity contribution < 1.29 is 24.1 Å². The Morgan fingerprint density at radius 3 is 1.59 bits per heavy atom. The van der Waals surface area contributed by atoms with Crippen LogP contribution in [-0.2, 0) is 0 Å². The first-order valence-corrected chi connectivity index (χ1v) is 9.99. The topological polar surface area (TPSA) is 122 Å². The van der Waals surface area contributed by atoms with Crippen LogP contribution in [0.4, 0.5) is 11.4 Å². The number of carbonyl (C=O) groups excluding carboxylic acids is 1. The summed E-state index contributed by atoms with van der Waals surface area (Å²) in [6.07, 6.45) is 0. The second-order valence-corrected chi connectivity index (χ2v) is 7.06. The third-order valence-corrected chi connectivity index (χ3v) is 4.79. The summed E-state index contributed by atoms with van der Waals surface area (Å²) in [6, 6.07) is 24.3. The summed E-state index contributed by atoms with van der Waals surface area (Å²) < 4.78 is 11.7. The zero-order valence-electron chi connectivity index (χ0n) is 17.5. The number of carbonyl (C=O) groups is 1. The molecule has 0 saturated carbocycles. The molecule has 0 fully saturated rings. The van der Waals surface area contributed by atoms with Gasteiger partial charge < -0.3 is 9.47 Å². The predicted molar refractivity (Wildman–Crippen MR) is 123 cm³/mol. The first kappa shape index (κ1) is 22.2. The van der Waals surface area contributed by atoms with Crippen molar-refractivity contribution in [2.75, 3.05) is 0 Å². The van der Waals surface area contributed by atoms with E-state index in [0.29, 0.717) is 22.6 Å². The molecule has 168 valence electrons. The van der Waals surface area contributed by atoms with Gasteiger partial charge in [-0.2, -0.15) is 0 Å². The van der Waals surface area contributed by atoms with E-state index >= 15 is 0 Å². The van der Waals surface area contributed by atoms with E-state index in [1.54, 1.807) is 42.5 Å². The summed E-state index contributed by atoms with van der Waals surface area (Å²) in [5.74, 6) is 0.826. The van der Waals surface area contributed by atoms with E-state index in [0.717, 1.165) is 0 Å². The molecule has 4 aromatic carbocycles. The van der Waals surface area contributed by atoms with Crippen LogP contribution >= 0.6 is 0 Å². The molecular formula is C25H16N2O7. The molecule has 0 amide bonds. The Morgan fingerprint density at radius 2 is 1.09 bits per heavy atom. The van der Waals surface area contributed by atoms with Gasteiger partial charge in [-0.3, -0.25) is 25.0 Å². The van der Waals surface area contributed by atoms with Crippen LogP contribution in [0.3, 0.4) is 0 Å². The molecule has 4 rings (SSSR count). The van der Waals surface area contributed by atoms with E-state index < -0.39 is 9.85 Å². The Hall–Kier alpha value is -5.05. The Bertz CT molecular complexity index is 1350. The highest BCUT2D eigenvalue weighted by molar-refractivity contribution is 6.09. The van der Waals surface area contributed by atoms with Crippen molar-refractivity contribution >= 4 is 17.2 Å². The van der Waals surface area contributed by atoms with Crippen LogP contribution < -0.4 is 9.47 Å². The molecule has 0 aliphatic heterocycles. The molecule has 0 heterocycles. The number of hydrogen-bond donors (Lipinski definition) is 0. The molecule has 0 aliphatic rings. The maximum Gasteiger partial charge on any atom is 0.269 e. The summed E-state index contributed by atoms with van der Waals surface area (Å²) in [7, 11) is 0. The predicted octanol–water partition coefficient (Wildman–Crippen LogP) is 6.32. The fraction of sp³-hybridized carbons (Fsp3) is 0. The van der Waals surface area contributed by atoms with Crippen LogP contribution in [0.2, 0.25) is 0 Å². The number of nitro benzene ring substituents is 2. The molecule has 0 radical (unpaired) electrons. The van der Waals surface area contributed by atoms with E-state index in [1.165, 1.54) is 54.6 Å². The molecule has 0 bridgehead atoms. The molecule has 34 heavy (non-hydrogen) atoms. The number of ketones is 1. The Labute approximate surface area is 193 Å². The molecule has 0 atom stereocenters. The fourth-order valence-corrected chi connectivity index (χ4v) is 3.10. The van der Waals surface area contributed by atoms with E-state index in [9.17, 15) is 25.0 Å². The summed E-state index contributed by atoms with van der Waals surface area (Å²) in [5.41, 5.74) is 0.660. The van der Waals surface area contributed by atoms with Gasteiger partial charge in [0.05, 0.1) is 9.85 Å². The number of benzene rings is 4. The lowest BCUT2D eigenvalue weighted by Gasteiger charge is -2.14. The van der Waals surface area contributed by atoms with E-state index in [4.69, 9.17) is 9.47 Å². The fourth-order valence-electron chi connectivity index (χ4n) is 3.10. The van der Waals surface area contributed by atoms with Gasteiger partial charge in [-0.15, -0.1) is 0 Å². The van der Waals surface area contributed by atoms with Crippen molar-refractivity contribution in [3.8, 4) is 23.0 Å². The average molecular weight is 456 g/mol.